The number of benzene rings is 1. The molecule has 82 valence electrons. The average molecular weight is 285 g/mol. The summed E-state index contributed by atoms with van der Waals surface area (Å²) in [6.45, 7) is 0. The molecule has 17 heavy (non-hydrogen) atoms. The molecule has 2 heterocycles. The molecule has 3 aromatic rings. The van der Waals surface area contributed by atoms with Crippen molar-refractivity contribution in [3.63, 3.8) is 0 Å². The quantitative estimate of drug-likeness (QED) is 0.673. The second kappa shape index (κ2) is 4.26. The first-order chi connectivity index (χ1) is 8.33. The van der Waals surface area contributed by atoms with Gasteiger partial charge in [0.15, 0.2) is 5.65 Å². The van der Waals surface area contributed by atoms with Crippen LogP contribution in [0.1, 0.15) is 0 Å². The first kappa shape index (κ1) is 10.4. The standard InChI is InChI=1S/C14H9BrN2/c15-12-6-3-10(4-7-12)13-8-5-11-2-1-9-16-14(11)17-13/h1-9H. The molecule has 1 aromatic carbocycles. The van der Waals surface area contributed by atoms with Crippen LogP contribution in [0.2, 0.25) is 0 Å². The van der Waals surface area contributed by atoms with Gasteiger partial charge in [-0.05, 0) is 36.4 Å². The fourth-order valence-electron chi connectivity index (χ4n) is 1.73. The monoisotopic (exact) mass is 284 g/mol. The largest absolute Gasteiger partial charge is 0.237 e. The highest BCUT2D eigenvalue weighted by molar-refractivity contribution is 9.10. The Morgan fingerprint density at radius 1 is 0.882 bits per heavy atom. The van der Waals surface area contributed by atoms with Crippen LogP contribution in [0.15, 0.2) is 59.2 Å². The van der Waals surface area contributed by atoms with Crippen molar-refractivity contribution < 1.29 is 0 Å². The van der Waals surface area contributed by atoms with E-state index in [1.165, 1.54) is 0 Å². The molecule has 0 fully saturated rings. The van der Waals surface area contributed by atoms with E-state index in [0.29, 0.717) is 0 Å². The number of halogens is 1. The van der Waals surface area contributed by atoms with E-state index in [4.69, 9.17) is 0 Å². The van der Waals surface area contributed by atoms with Crippen molar-refractivity contribution >= 4 is 27.0 Å². The molecule has 0 spiro atoms. The molecule has 0 bridgehead atoms. The van der Waals surface area contributed by atoms with Gasteiger partial charge in [0.1, 0.15) is 0 Å². The minimum absolute atomic E-state index is 0.785. The SMILES string of the molecule is Brc1ccc(-c2ccc3cccnc3n2)cc1. The summed E-state index contributed by atoms with van der Waals surface area (Å²) in [6.07, 6.45) is 1.76. The number of hydrogen-bond donors (Lipinski definition) is 0. The Balaban J connectivity index is 2.14. The second-order valence-electron chi connectivity index (χ2n) is 3.75. The lowest BCUT2D eigenvalue weighted by Crippen LogP contribution is -1.87. The zero-order valence-corrected chi connectivity index (χ0v) is 10.6. The van der Waals surface area contributed by atoms with Crippen molar-refractivity contribution in [1.29, 1.82) is 0 Å². The molecule has 0 aliphatic rings. The smallest absolute Gasteiger partial charge is 0.159 e. The lowest BCUT2D eigenvalue weighted by atomic mass is 10.1. The number of fused-ring (bicyclic) bond motifs is 1. The minimum atomic E-state index is 0.785. The van der Waals surface area contributed by atoms with Crippen LogP contribution in [0, 0.1) is 0 Å². The predicted octanol–water partition coefficient (Wildman–Crippen LogP) is 4.06. The molecule has 0 radical (unpaired) electrons. The van der Waals surface area contributed by atoms with Gasteiger partial charge in [0.2, 0.25) is 0 Å². The van der Waals surface area contributed by atoms with Crippen molar-refractivity contribution in [2.24, 2.45) is 0 Å². The highest BCUT2D eigenvalue weighted by atomic mass is 79.9. The number of nitrogens with zero attached hydrogens (tertiary/aromatic N) is 2. The minimum Gasteiger partial charge on any atom is -0.237 e. The molecule has 3 rings (SSSR count). The molecule has 0 saturated heterocycles. The van der Waals surface area contributed by atoms with Gasteiger partial charge >= 0.3 is 0 Å². The van der Waals surface area contributed by atoms with Crippen LogP contribution < -0.4 is 0 Å². The van der Waals surface area contributed by atoms with Crippen LogP contribution in [0.4, 0.5) is 0 Å². The van der Waals surface area contributed by atoms with Crippen LogP contribution in [0.25, 0.3) is 22.3 Å². The molecule has 2 nitrogen and oxygen atoms in total. The van der Waals surface area contributed by atoms with Crippen molar-refractivity contribution in [3.8, 4) is 11.3 Å². The van der Waals surface area contributed by atoms with Gasteiger partial charge < -0.3 is 0 Å². The van der Waals surface area contributed by atoms with Gasteiger partial charge in [0.05, 0.1) is 5.69 Å². The molecule has 0 amide bonds. The third-order valence-electron chi connectivity index (χ3n) is 2.60. The normalized spacial score (nSPS) is 10.6. The van der Waals surface area contributed by atoms with E-state index in [-0.39, 0.29) is 0 Å². The molecule has 0 saturated carbocycles. The summed E-state index contributed by atoms with van der Waals surface area (Å²) < 4.78 is 1.07. The van der Waals surface area contributed by atoms with Gasteiger partial charge in [-0.15, -0.1) is 0 Å². The van der Waals surface area contributed by atoms with E-state index in [1.807, 2.05) is 48.5 Å². The van der Waals surface area contributed by atoms with Gasteiger partial charge in [-0.2, -0.15) is 0 Å². The molecule has 0 atom stereocenters. The summed E-state index contributed by atoms with van der Waals surface area (Å²) in [4.78, 5) is 8.81. The molecular weight excluding hydrogens is 276 g/mol. The average Bonchev–Trinajstić information content (AvgIpc) is 2.39. The lowest BCUT2D eigenvalue weighted by Gasteiger charge is -2.02. The number of pyridine rings is 2. The molecule has 0 aliphatic carbocycles. The fraction of sp³-hybridized carbons (Fsp3) is 0. The van der Waals surface area contributed by atoms with Gasteiger partial charge in [0, 0.05) is 21.6 Å². The topological polar surface area (TPSA) is 25.8 Å². The maximum Gasteiger partial charge on any atom is 0.159 e. The van der Waals surface area contributed by atoms with E-state index in [9.17, 15) is 0 Å². The van der Waals surface area contributed by atoms with E-state index < -0.39 is 0 Å². The number of aromatic nitrogens is 2. The Hall–Kier alpha value is -1.74. The number of rotatable bonds is 1. The van der Waals surface area contributed by atoms with Crippen LogP contribution >= 0.6 is 15.9 Å². The first-order valence-electron chi connectivity index (χ1n) is 5.31. The van der Waals surface area contributed by atoms with Gasteiger partial charge in [-0.25, -0.2) is 9.97 Å². The van der Waals surface area contributed by atoms with Gasteiger partial charge in [-0.1, -0.05) is 28.1 Å². The molecule has 0 unspecified atom stereocenters. The molecule has 0 aliphatic heterocycles. The van der Waals surface area contributed by atoms with Crippen LogP contribution in [-0.2, 0) is 0 Å². The third kappa shape index (κ3) is 2.06. The first-order valence-corrected chi connectivity index (χ1v) is 6.10. The molecular formula is C14H9BrN2. The summed E-state index contributed by atoms with van der Waals surface area (Å²) in [7, 11) is 0. The fourth-order valence-corrected chi connectivity index (χ4v) is 2.00. The summed E-state index contributed by atoms with van der Waals surface area (Å²) >= 11 is 3.43. The van der Waals surface area contributed by atoms with Crippen molar-refractivity contribution in [2.45, 2.75) is 0 Å². The van der Waals surface area contributed by atoms with Crippen molar-refractivity contribution in [1.82, 2.24) is 9.97 Å². The maximum absolute atomic E-state index is 4.55. The third-order valence-corrected chi connectivity index (χ3v) is 3.13. The zero-order valence-electron chi connectivity index (χ0n) is 8.97. The number of hydrogen-bond acceptors (Lipinski definition) is 2. The van der Waals surface area contributed by atoms with Crippen molar-refractivity contribution in [3.05, 3.63) is 59.2 Å². The summed E-state index contributed by atoms with van der Waals surface area (Å²) in [6, 6.07) is 16.1. The Bertz CT molecular complexity index is 662. The van der Waals surface area contributed by atoms with Gasteiger partial charge in [0.25, 0.3) is 0 Å². The Morgan fingerprint density at radius 2 is 1.71 bits per heavy atom. The highest BCUT2D eigenvalue weighted by Gasteiger charge is 2.01. The zero-order chi connectivity index (χ0) is 11.7. The second-order valence-corrected chi connectivity index (χ2v) is 4.67. The van der Waals surface area contributed by atoms with E-state index in [0.717, 1.165) is 26.8 Å². The van der Waals surface area contributed by atoms with E-state index in [2.05, 4.69) is 25.9 Å². The van der Waals surface area contributed by atoms with Crippen LogP contribution in [0.5, 0.6) is 0 Å². The van der Waals surface area contributed by atoms with E-state index in [1.54, 1.807) is 6.20 Å². The summed E-state index contributed by atoms with van der Waals surface area (Å²) in [5.74, 6) is 0. The predicted molar refractivity (Wildman–Crippen MR) is 72.7 cm³/mol. The Kier molecular flexibility index (Phi) is 2.61. The molecule has 2 aromatic heterocycles. The Labute approximate surface area is 107 Å². The summed E-state index contributed by atoms with van der Waals surface area (Å²) in [5, 5.41) is 1.06. The van der Waals surface area contributed by atoms with E-state index >= 15 is 0 Å². The van der Waals surface area contributed by atoms with Gasteiger partial charge in [-0.3, -0.25) is 0 Å². The Morgan fingerprint density at radius 3 is 2.53 bits per heavy atom. The molecule has 3 heteroatoms. The highest BCUT2D eigenvalue weighted by Crippen LogP contribution is 2.21. The lowest BCUT2D eigenvalue weighted by molar-refractivity contribution is 1.29. The maximum atomic E-state index is 4.55. The van der Waals surface area contributed by atoms with Crippen LogP contribution in [0.3, 0.4) is 0 Å². The van der Waals surface area contributed by atoms with Crippen molar-refractivity contribution in [2.75, 3.05) is 0 Å². The summed E-state index contributed by atoms with van der Waals surface area (Å²) in [5.41, 5.74) is 2.83. The van der Waals surface area contributed by atoms with Crippen LogP contribution in [-0.4, -0.2) is 9.97 Å². The molecule has 0 N–H and O–H groups in total.